The molecule has 2 aromatic carbocycles. The van der Waals surface area contributed by atoms with Crippen molar-refractivity contribution in [1.82, 2.24) is 9.80 Å². The first-order valence-electron chi connectivity index (χ1n) is 15.3. The van der Waals surface area contributed by atoms with Gasteiger partial charge >= 0.3 is 0 Å². The lowest BCUT2D eigenvalue weighted by molar-refractivity contribution is -0.145. The molecule has 6 atom stereocenters. The van der Waals surface area contributed by atoms with Gasteiger partial charge in [-0.1, -0.05) is 61.5 Å². The number of rotatable bonds is 12. The molecule has 2 bridgehead atoms. The molecule has 8 heteroatoms. The van der Waals surface area contributed by atoms with Crippen molar-refractivity contribution in [2.24, 2.45) is 11.8 Å². The van der Waals surface area contributed by atoms with E-state index in [1.54, 1.807) is 38.6 Å². The largest absolute Gasteiger partial charge is 0.394 e. The summed E-state index contributed by atoms with van der Waals surface area (Å²) < 4.78 is -0.773. The van der Waals surface area contributed by atoms with Crippen molar-refractivity contribution in [3.63, 3.8) is 0 Å². The van der Waals surface area contributed by atoms with Gasteiger partial charge in [0.05, 0.1) is 29.2 Å². The number of anilines is 1. The Labute approximate surface area is 259 Å². The van der Waals surface area contributed by atoms with E-state index in [1.807, 2.05) is 69.3 Å². The highest BCUT2D eigenvalue weighted by Gasteiger charge is 2.74. The summed E-state index contributed by atoms with van der Waals surface area (Å²) in [6.07, 6.45) is 5.66. The number of aryl methyl sites for hydroxylation is 2. The van der Waals surface area contributed by atoms with E-state index >= 15 is 4.79 Å². The molecule has 0 aliphatic carbocycles. The van der Waals surface area contributed by atoms with E-state index in [1.165, 1.54) is 0 Å². The summed E-state index contributed by atoms with van der Waals surface area (Å²) in [5.41, 5.74) is 3.51. The van der Waals surface area contributed by atoms with Crippen LogP contribution in [0.2, 0.25) is 0 Å². The van der Waals surface area contributed by atoms with E-state index < -0.39 is 28.7 Å². The summed E-state index contributed by atoms with van der Waals surface area (Å²) in [7, 11) is 0. The third-order valence-electron chi connectivity index (χ3n) is 9.34. The first kappa shape index (κ1) is 31.1. The zero-order valence-corrected chi connectivity index (χ0v) is 26.3. The lowest BCUT2D eigenvalue weighted by atomic mass is 9.70. The van der Waals surface area contributed by atoms with Crippen LogP contribution in [0.3, 0.4) is 0 Å². The second-order valence-corrected chi connectivity index (χ2v) is 13.6. The molecule has 7 nitrogen and oxygen atoms in total. The third kappa shape index (κ3) is 5.22. The number of benzene rings is 2. The van der Waals surface area contributed by atoms with Gasteiger partial charge in [0.1, 0.15) is 6.04 Å². The molecule has 0 saturated carbocycles. The minimum absolute atomic E-state index is 0.0371. The Morgan fingerprint density at radius 3 is 2.49 bits per heavy atom. The number of fused-ring (bicyclic) bond motifs is 1. The number of aliphatic hydroxyl groups excluding tert-OH is 1. The zero-order valence-electron chi connectivity index (χ0n) is 25.4. The van der Waals surface area contributed by atoms with Gasteiger partial charge in [0, 0.05) is 30.6 Å². The van der Waals surface area contributed by atoms with Crippen LogP contribution in [-0.2, 0) is 14.4 Å². The fraction of sp³-hybridized carbons (Fsp3) is 0.457. The maximum Gasteiger partial charge on any atom is 0.251 e. The van der Waals surface area contributed by atoms with E-state index in [-0.39, 0.29) is 36.1 Å². The Morgan fingerprint density at radius 2 is 1.84 bits per heavy atom. The molecule has 228 valence electrons. The number of hydrogen-bond donors (Lipinski definition) is 1. The fourth-order valence-corrected chi connectivity index (χ4v) is 9.73. The predicted molar refractivity (Wildman–Crippen MR) is 173 cm³/mol. The number of likely N-dealkylation sites (tertiary alicyclic amines) is 1. The van der Waals surface area contributed by atoms with E-state index in [2.05, 4.69) is 13.2 Å². The second kappa shape index (κ2) is 12.7. The van der Waals surface area contributed by atoms with Gasteiger partial charge < -0.3 is 19.8 Å². The van der Waals surface area contributed by atoms with Crippen molar-refractivity contribution in [3.8, 4) is 0 Å². The van der Waals surface area contributed by atoms with Gasteiger partial charge in [-0.25, -0.2) is 0 Å². The molecule has 3 amide bonds. The van der Waals surface area contributed by atoms with Gasteiger partial charge in [-0.15, -0.1) is 24.9 Å². The fourth-order valence-electron chi connectivity index (χ4n) is 7.54. The van der Waals surface area contributed by atoms with E-state index in [0.29, 0.717) is 19.5 Å². The van der Waals surface area contributed by atoms with Gasteiger partial charge in [0.2, 0.25) is 11.8 Å². The average Bonchev–Trinajstić information content (AvgIpc) is 3.65. The number of nitrogens with zero attached hydrogens (tertiary/aromatic N) is 3. The number of carbonyl (C=O) groups is 3. The minimum Gasteiger partial charge on any atom is -0.394 e. The lowest BCUT2D eigenvalue weighted by Gasteiger charge is -2.40. The van der Waals surface area contributed by atoms with Crippen molar-refractivity contribution < 1.29 is 19.5 Å². The Hall–Kier alpha value is -3.36. The summed E-state index contributed by atoms with van der Waals surface area (Å²) in [4.78, 5) is 49.1. The normalized spacial score (nSPS) is 26.2. The van der Waals surface area contributed by atoms with Crippen LogP contribution < -0.4 is 4.90 Å². The number of hydrogen-bond acceptors (Lipinski definition) is 5. The summed E-state index contributed by atoms with van der Waals surface area (Å²) in [6, 6.07) is 13.8. The molecule has 2 unspecified atom stereocenters. The number of amides is 3. The van der Waals surface area contributed by atoms with Crippen molar-refractivity contribution in [1.29, 1.82) is 0 Å². The highest BCUT2D eigenvalue weighted by atomic mass is 32.2. The standard InChI is InChI=1S/C35H43N3O4S/c1-6-18-36(19-7-2)32(40)29-28-16-17-35(43-28)30(29)33(41)38(27(22-39)25-12-10-9-11-13-25)31(35)34(42)37(20-8-3)26-21-23(4)14-15-24(26)5/h6,8-15,21,27-31,39H,1,3,7,16-20,22H2,2,4-5H3/t27-,28+,29-,30+,31?,35?/m1/s1. The highest BCUT2D eigenvalue weighted by Crippen LogP contribution is 2.67. The zero-order chi connectivity index (χ0) is 30.9. The lowest BCUT2D eigenvalue weighted by Crippen LogP contribution is -2.56. The van der Waals surface area contributed by atoms with Crippen LogP contribution in [0.15, 0.2) is 73.8 Å². The van der Waals surface area contributed by atoms with Crippen molar-refractivity contribution in [2.45, 2.75) is 62.1 Å². The number of aliphatic hydroxyl groups is 1. The molecule has 43 heavy (non-hydrogen) atoms. The van der Waals surface area contributed by atoms with Crippen molar-refractivity contribution in [2.75, 3.05) is 31.1 Å². The van der Waals surface area contributed by atoms with Gasteiger partial charge in [-0.05, 0) is 55.9 Å². The smallest absolute Gasteiger partial charge is 0.251 e. The maximum atomic E-state index is 15.0. The summed E-state index contributed by atoms with van der Waals surface area (Å²) in [5, 5.41) is 10.8. The highest BCUT2D eigenvalue weighted by molar-refractivity contribution is 8.02. The monoisotopic (exact) mass is 601 g/mol. The molecular weight excluding hydrogens is 558 g/mol. The molecule has 3 saturated heterocycles. The first-order chi connectivity index (χ1) is 20.7. The van der Waals surface area contributed by atoms with E-state index in [9.17, 15) is 14.7 Å². The Bertz CT molecular complexity index is 1400. The van der Waals surface area contributed by atoms with Gasteiger partial charge in [0.15, 0.2) is 0 Å². The molecule has 3 aliphatic rings. The van der Waals surface area contributed by atoms with Crippen LogP contribution in [0.25, 0.3) is 0 Å². The van der Waals surface area contributed by atoms with Crippen molar-refractivity contribution >= 4 is 35.2 Å². The van der Waals surface area contributed by atoms with Crippen LogP contribution in [0, 0.1) is 25.7 Å². The number of thioether (sulfide) groups is 1. The molecule has 3 heterocycles. The van der Waals surface area contributed by atoms with E-state index in [0.717, 1.165) is 35.2 Å². The maximum absolute atomic E-state index is 15.0. The molecule has 3 aliphatic heterocycles. The molecule has 0 radical (unpaired) electrons. The molecule has 1 N–H and O–H groups in total. The Kier molecular flexibility index (Phi) is 9.18. The molecule has 1 spiro atoms. The molecule has 5 rings (SSSR count). The topological polar surface area (TPSA) is 81.2 Å². The van der Waals surface area contributed by atoms with Crippen LogP contribution in [-0.4, -0.2) is 74.9 Å². The number of carbonyl (C=O) groups excluding carboxylic acids is 3. The Balaban J connectivity index is 1.65. The van der Waals surface area contributed by atoms with E-state index in [4.69, 9.17) is 0 Å². The summed E-state index contributed by atoms with van der Waals surface area (Å²) >= 11 is 1.65. The molecule has 0 aromatic heterocycles. The Morgan fingerprint density at radius 1 is 1.12 bits per heavy atom. The average molecular weight is 602 g/mol. The third-order valence-corrected chi connectivity index (χ3v) is 11.3. The van der Waals surface area contributed by atoms with Crippen molar-refractivity contribution in [3.05, 3.63) is 90.5 Å². The molecule has 3 fully saturated rings. The van der Waals surface area contributed by atoms with Gasteiger partial charge in [0.25, 0.3) is 5.91 Å². The minimum atomic E-state index is -0.853. The molecule has 2 aromatic rings. The van der Waals surface area contributed by atoms with Crippen LogP contribution in [0.5, 0.6) is 0 Å². The SMILES string of the molecule is C=CCN(CCC)C(=O)[C@@H]1[C@@H]2CCC3(S2)C(C(=O)N(CC=C)c2cc(C)ccc2C)N([C@H](CO)c2ccccc2)C(=O)[C@H]13. The summed E-state index contributed by atoms with van der Waals surface area (Å²) in [6.45, 7) is 14.7. The first-order valence-corrected chi connectivity index (χ1v) is 16.2. The second-order valence-electron chi connectivity index (χ2n) is 12.0. The molecular formula is C35H43N3O4S. The van der Waals surface area contributed by atoms with Crippen LogP contribution in [0.1, 0.15) is 48.9 Å². The quantitative estimate of drug-likeness (QED) is 0.344. The summed E-state index contributed by atoms with van der Waals surface area (Å²) in [5.74, 6) is -1.63. The van der Waals surface area contributed by atoms with Gasteiger partial charge in [-0.3, -0.25) is 14.4 Å². The predicted octanol–water partition coefficient (Wildman–Crippen LogP) is 5.07. The van der Waals surface area contributed by atoms with Crippen LogP contribution >= 0.6 is 11.8 Å². The van der Waals surface area contributed by atoms with Gasteiger partial charge in [-0.2, -0.15) is 0 Å². The van der Waals surface area contributed by atoms with Crippen LogP contribution in [0.4, 0.5) is 5.69 Å².